The fraction of sp³-hybridized carbons (Fsp3) is 0.600. The molecule has 2 nitrogen and oxygen atoms in total. The quantitative estimate of drug-likeness (QED) is 0.918. The molecule has 0 fully saturated rings. The smallest absolute Gasteiger partial charge is 0.326 e. The summed E-state index contributed by atoms with van der Waals surface area (Å²) in [5.41, 5.74) is 6.26. The van der Waals surface area contributed by atoms with E-state index in [0.717, 1.165) is 9.35 Å². The third-order valence-corrected chi connectivity index (χ3v) is 3.92. The van der Waals surface area contributed by atoms with Crippen LogP contribution in [0.2, 0.25) is 0 Å². The van der Waals surface area contributed by atoms with Gasteiger partial charge in [0.2, 0.25) is 0 Å². The minimum Gasteiger partial charge on any atom is -0.326 e. The van der Waals surface area contributed by atoms with E-state index in [-0.39, 0.29) is 6.54 Å². The maximum absolute atomic E-state index is 12.8. The first-order chi connectivity index (χ1) is 7.71. The minimum absolute atomic E-state index is 0.230. The zero-order valence-electron chi connectivity index (χ0n) is 9.46. The summed E-state index contributed by atoms with van der Waals surface area (Å²) < 4.78 is 39.3. The molecule has 0 aromatic carbocycles. The molecule has 0 saturated heterocycles. The van der Waals surface area contributed by atoms with Crippen LogP contribution in [-0.2, 0) is 6.54 Å². The highest BCUT2D eigenvalue weighted by Gasteiger charge is 2.44. The third kappa shape index (κ3) is 4.24. The first-order valence-corrected chi connectivity index (χ1v) is 6.64. The summed E-state index contributed by atoms with van der Waals surface area (Å²) in [7, 11) is 1.44. The van der Waals surface area contributed by atoms with Crippen molar-refractivity contribution < 1.29 is 13.2 Å². The highest BCUT2D eigenvalue weighted by Crippen LogP contribution is 2.28. The number of thiophene rings is 1. The molecule has 2 N–H and O–H groups in total. The highest BCUT2D eigenvalue weighted by molar-refractivity contribution is 9.11. The fourth-order valence-corrected chi connectivity index (χ4v) is 2.96. The van der Waals surface area contributed by atoms with Crippen molar-refractivity contribution in [3.05, 3.63) is 20.8 Å². The topological polar surface area (TPSA) is 29.3 Å². The molecule has 2 unspecified atom stereocenters. The Morgan fingerprint density at radius 3 is 2.47 bits per heavy atom. The van der Waals surface area contributed by atoms with Gasteiger partial charge < -0.3 is 5.73 Å². The molecule has 2 atom stereocenters. The van der Waals surface area contributed by atoms with E-state index in [2.05, 4.69) is 15.9 Å². The maximum Gasteiger partial charge on any atom is 0.405 e. The average Bonchev–Trinajstić information content (AvgIpc) is 2.46. The van der Waals surface area contributed by atoms with Gasteiger partial charge in [0.25, 0.3) is 0 Å². The maximum atomic E-state index is 12.8. The molecule has 1 aromatic heterocycles. The number of rotatable bonds is 4. The second-order valence-corrected chi connectivity index (χ2v) is 6.31. The van der Waals surface area contributed by atoms with Gasteiger partial charge in [-0.2, -0.15) is 13.2 Å². The summed E-state index contributed by atoms with van der Waals surface area (Å²) in [5.74, 6) is 0. The molecule has 0 saturated carbocycles. The van der Waals surface area contributed by atoms with Gasteiger partial charge in [-0.05, 0) is 46.9 Å². The predicted octanol–water partition coefficient (Wildman–Crippen LogP) is 3.22. The molecule has 0 radical (unpaired) electrons. The van der Waals surface area contributed by atoms with Gasteiger partial charge in [0.1, 0.15) is 6.04 Å². The standard InChI is InChI=1S/C10H14BrF3N2S/c1-6(15)9(10(12,13)14)16(2)4-7-3-8(11)17-5-7/h3,5-6,9H,4,15H2,1-2H3. The molecule has 0 bridgehead atoms. The van der Waals surface area contributed by atoms with Crippen LogP contribution < -0.4 is 5.73 Å². The first kappa shape index (κ1) is 14.9. The van der Waals surface area contributed by atoms with E-state index in [1.54, 1.807) is 0 Å². The van der Waals surface area contributed by atoms with Crippen LogP contribution in [0.25, 0.3) is 0 Å². The zero-order chi connectivity index (χ0) is 13.2. The van der Waals surface area contributed by atoms with Crippen molar-refractivity contribution in [2.45, 2.75) is 31.7 Å². The third-order valence-electron chi connectivity index (χ3n) is 2.36. The molecular weight excluding hydrogens is 317 g/mol. The van der Waals surface area contributed by atoms with E-state index in [1.807, 2.05) is 11.4 Å². The van der Waals surface area contributed by atoms with E-state index in [9.17, 15) is 13.2 Å². The van der Waals surface area contributed by atoms with Crippen molar-refractivity contribution >= 4 is 27.3 Å². The summed E-state index contributed by atoms with van der Waals surface area (Å²) in [4.78, 5) is 1.24. The lowest BCUT2D eigenvalue weighted by molar-refractivity contribution is -0.185. The number of likely N-dealkylation sites (N-methyl/N-ethyl adjacent to an activating group) is 1. The number of hydrogen-bond acceptors (Lipinski definition) is 3. The van der Waals surface area contributed by atoms with E-state index >= 15 is 0 Å². The van der Waals surface area contributed by atoms with Gasteiger partial charge in [-0.15, -0.1) is 11.3 Å². The Morgan fingerprint density at radius 2 is 2.12 bits per heavy atom. The van der Waals surface area contributed by atoms with Crippen molar-refractivity contribution in [1.29, 1.82) is 0 Å². The summed E-state index contributed by atoms with van der Waals surface area (Å²) >= 11 is 4.73. The van der Waals surface area contributed by atoms with E-state index in [0.29, 0.717) is 0 Å². The lowest BCUT2D eigenvalue weighted by Crippen LogP contribution is -2.53. The molecular formula is C10H14BrF3N2S. The van der Waals surface area contributed by atoms with Crippen LogP contribution in [0.1, 0.15) is 12.5 Å². The van der Waals surface area contributed by atoms with Crippen molar-refractivity contribution in [3.8, 4) is 0 Å². The fourth-order valence-electron chi connectivity index (χ4n) is 1.76. The van der Waals surface area contributed by atoms with Crippen LogP contribution in [0.5, 0.6) is 0 Å². The van der Waals surface area contributed by atoms with E-state index < -0.39 is 18.3 Å². The van der Waals surface area contributed by atoms with E-state index in [1.165, 1.54) is 30.2 Å². The largest absolute Gasteiger partial charge is 0.405 e. The van der Waals surface area contributed by atoms with Gasteiger partial charge in [-0.25, -0.2) is 0 Å². The summed E-state index contributed by atoms with van der Waals surface area (Å²) in [6, 6.07) is -0.765. The molecule has 0 aliphatic heterocycles. The monoisotopic (exact) mass is 330 g/mol. The van der Waals surface area contributed by atoms with Gasteiger partial charge >= 0.3 is 6.18 Å². The Kier molecular flexibility index (Phi) is 5.00. The Hall–Kier alpha value is -0.110. The van der Waals surface area contributed by atoms with E-state index in [4.69, 9.17) is 5.73 Å². The SMILES string of the molecule is CC(N)C(N(C)Cc1csc(Br)c1)C(F)(F)F. The molecule has 0 amide bonds. The molecule has 0 spiro atoms. The van der Waals surface area contributed by atoms with Crippen LogP contribution in [0, 0.1) is 0 Å². The molecule has 0 aliphatic carbocycles. The van der Waals surface area contributed by atoms with Gasteiger partial charge in [-0.3, -0.25) is 4.90 Å². The predicted molar refractivity (Wildman–Crippen MR) is 67.0 cm³/mol. The first-order valence-electron chi connectivity index (χ1n) is 4.97. The Morgan fingerprint density at radius 1 is 1.53 bits per heavy atom. The van der Waals surface area contributed by atoms with Gasteiger partial charge in [0, 0.05) is 12.6 Å². The Balaban J connectivity index is 2.76. The van der Waals surface area contributed by atoms with Gasteiger partial charge in [0.05, 0.1) is 3.79 Å². The van der Waals surface area contributed by atoms with Gasteiger partial charge in [-0.1, -0.05) is 0 Å². The lowest BCUT2D eigenvalue weighted by Gasteiger charge is -2.32. The van der Waals surface area contributed by atoms with Crippen LogP contribution in [0.15, 0.2) is 15.2 Å². The molecule has 0 aliphatic rings. The van der Waals surface area contributed by atoms with Crippen LogP contribution in [-0.4, -0.2) is 30.2 Å². The zero-order valence-corrected chi connectivity index (χ0v) is 11.9. The Bertz CT molecular complexity index is 365. The second-order valence-electron chi connectivity index (χ2n) is 4.02. The lowest BCUT2D eigenvalue weighted by atomic mass is 10.1. The summed E-state index contributed by atoms with van der Waals surface area (Å²) in [5, 5.41) is 1.83. The van der Waals surface area contributed by atoms with Crippen LogP contribution >= 0.6 is 27.3 Å². The molecule has 1 rings (SSSR count). The second kappa shape index (κ2) is 5.69. The summed E-state index contributed by atoms with van der Waals surface area (Å²) in [6.07, 6.45) is -4.31. The molecule has 1 heterocycles. The van der Waals surface area contributed by atoms with Crippen molar-refractivity contribution in [2.24, 2.45) is 5.73 Å². The number of nitrogens with zero attached hydrogens (tertiary/aromatic N) is 1. The highest BCUT2D eigenvalue weighted by atomic mass is 79.9. The van der Waals surface area contributed by atoms with Crippen molar-refractivity contribution in [2.75, 3.05) is 7.05 Å². The number of alkyl halides is 3. The summed E-state index contributed by atoms with van der Waals surface area (Å²) in [6.45, 7) is 1.60. The number of halogens is 4. The number of hydrogen-bond donors (Lipinski definition) is 1. The van der Waals surface area contributed by atoms with Crippen molar-refractivity contribution in [1.82, 2.24) is 4.90 Å². The average molecular weight is 331 g/mol. The molecule has 98 valence electrons. The Labute approximate surface area is 111 Å². The van der Waals surface area contributed by atoms with Crippen LogP contribution in [0.3, 0.4) is 0 Å². The molecule has 7 heteroatoms. The van der Waals surface area contributed by atoms with Crippen molar-refractivity contribution in [3.63, 3.8) is 0 Å². The molecule has 1 aromatic rings. The van der Waals surface area contributed by atoms with Gasteiger partial charge in [0.15, 0.2) is 0 Å². The normalized spacial score (nSPS) is 16.2. The van der Waals surface area contributed by atoms with Crippen LogP contribution in [0.4, 0.5) is 13.2 Å². The number of nitrogens with two attached hydrogens (primary N) is 1. The minimum atomic E-state index is -4.31. The molecule has 17 heavy (non-hydrogen) atoms.